The van der Waals surface area contributed by atoms with Gasteiger partial charge in [0.25, 0.3) is 0 Å². The van der Waals surface area contributed by atoms with E-state index in [4.69, 9.17) is 9.05 Å². The van der Waals surface area contributed by atoms with Gasteiger partial charge < -0.3 is 9.05 Å². The number of benzene rings is 4. The van der Waals surface area contributed by atoms with Crippen molar-refractivity contribution in [2.75, 3.05) is 0 Å². The van der Waals surface area contributed by atoms with Crippen LogP contribution in [0.2, 0.25) is 0 Å². The van der Waals surface area contributed by atoms with Crippen LogP contribution in [0.15, 0.2) is 97.1 Å². The average Bonchev–Trinajstić information content (AvgIpc) is 2.91. The molecule has 0 spiro atoms. The Morgan fingerprint density at radius 3 is 1.38 bits per heavy atom. The second-order valence-corrected chi connectivity index (χ2v) is 10.7. The minimum atomic E-state index is -4.53. The first-order chi connectivity index (χ1) is 18.7. The molecule has 200 valence electrons. The lowest BCUT2D eigenvalue weighted by molar-refractivity contribution is 0.0974. The van der Waals surface area contributed by atoms with Gasteiger partial charge in [0.15, 0.2) is 11.6 Å². The van der Waals surface area contributed by atoms with E-state index in [1.165, 1.54) is 12.1 Å². The van der Waals surface area contributed by atoms with Crippen molar-refractivity contribution in [1.82, 2.24) is 0 Å². The highest BCUT2D eigenvalue weighted by Gasteiger charge is 2.26. The topological polar surface area (TPSA) is 89.9 Å². The van der Waals surface area contributed by atoms with Gasteiger partial charge in [0.2, 0.25) is 0 Å². The fourth-order valence-corrected chi connectivity index (χ4v) is 5.17. The molecule has 0 aliphatic carbocycles. The van der Waals surface area contributed by atoms with Crippen LogP contribution in [0.1, 0.15) is 55.8 Å². The third-order valence-electron chi connectivity index (χ3n) is 6.41. The number of phosphoric ester groups is 1. The summed E-state index contributed by atoms with van der Waals surface area (Å²) in [6.07, 6.45) is 1.98. The van der Waals surface area contributed by atoms with Crippen molar-refractivity contribution < 1.29 is 28.1 Å². The van der Waals surface area contributed by atoms with E-state index in [-0.39, 0.29) is 23.1 Å². The van der Waals surface area contributed by atoms with E-state index in [0.717, 1.165) is 11.1 Å². The van der Waals surface area contributed by atoms with Gasteiger partial charge in [-0.2, -0.15) is 0 Å². The molecule has 0 amide bonds. The Morgan fingerprint density at radius 2 is 1.03 bits per heavy atom. The number of carbonyl (C=O) groups excluding carboxylic acids is 2. The van der Waals surface area contributed by atoms with E-state index >= 15 is 0 Å². The zero-order valence-corrected chi connectivity index (χ0v) is 22.9. The van der Waals surface area contributed by atoms with Gasteiger partial charge in [0.05, 0.1) is 0 Å². The Kier molecular flexibility index (Phi) is 9.13. The highest BCUT2D eigenvalue weighted by atomic mass is 31.2. The van der Waals surface area contributed by atoms with Gasteiger partial charge in [-0.3, -0.25) is 14.5 Å². The summed E-state index contributed by atoms with van der Waals surface area (Å²) in [5, 5.41) is 0. The molecule has 4 aromatic carbocycles. The SMILES string of the molecule is Cc1cc(OP(=O)(O)Oc2ccc(C(=O)CCc3ccccc3)c(C)c2)ccc1C(=O)CCc1ccccc1. The van der Waals surface area contributed by atoms with Gasteiger partial charge >= 0.3 is 7.82 Å². The zero-order valence-electron chi connectivity index (χ0n) is 22.0. The Morgan fingerprint density at radius 1 is 0.641 bits per heavy atom. The second kappa shape index (κ2) is 12.7. The first-order valence-corrected chi connectivity index (χ1v) is 14.3. The fraction of sp³-hybridized carbons (Fsp3) is 0.188. The summed E-state index contributed by atoms with van der Waals surface area (Å²) >= 11 is 0. The lowest BCUT2D eigenvalue weighted by atomic mass is 9.99. The highest BCUT2D eigenvalue weighted by Crippen LogP contribution is 2.45. The number of carbonyl (C=O) groups is 2. The maximum absolute atomic E-state index is 12.7. The van der Waals surface area contributed by atoms with Gasteiger partial charge in [-0.15, -0.1) is 0 Å². The van der Waals surface area contributed by atoms with Gasteiger partial charge in [0.1, 0.15) is 11.5 Å². The maximum Gasteiger partial charge on any atom is 0.584 e. The molecule has 4 rings (SSSR count). The summed E-state index contributed by atoms with van der Waals surface area (Å²) in [7, 11) is -4.53. The molecule has 4 aromatic rings. The van der Waals surface area contributed by atoms with Crippen LogP contribution in [0.3, 0.4) is 0 Å². The van der Waals surface area contributed by atoms with E-state index in [1.54, 1.807) is 38.1 Å². The van der Waals surface area contributed by atoms with Crippen molar-refractivity contribution in [2.45, 2.75) is 39.5 Å². The van der Waals surface area contributed by atoms with Crippen LogP contribution in [-0.4, -0.2) is 16.5 Å². The average molecular weight is 543 g/mol. The molecule has 0 saturated heterocycles. The molecular weight excluding hydrogens is 511 g/mol. The molecule has 0 unspecified atom stereocenters. The quantitative estimate of drug-likeness (QED) is 0.147. The zero-order chi connectivity index (χ0) is 27.8. The number of ketones is 2. The molecule has 0 atom stereocenters. The van der Waals surface area contributed by atoms with Gasteiger partial charge in [-0.1, -0.05) is 60.7 Å². The first-order valence-electron chi connectivity index (χ1n) is 12.8. The Balaban J connectivity index is 1.35. The number of phosphoric acid groups is 1. The van der Waals surface area contributed by atoms with Crippen LogP contribution in [-0.2, 0) is 17.4 Å². The lowest BCUT2D eigenvalue weighted by Crippen LogP contribution is -2.06. The minimum absolute atomic E-state index is 0.0137. The summed E-state index contributed by atoms with van der Waals surface area (Å²) in [5.74, 6) is 0.199. The Hall–Kier alpha value is -3.99. The van der Waals surface area contributed by atoms with Crippen molar-refractivity contribution in [3.63, 3.8) is 0 Å². The third-order valence-corrected chi connectivity index (χ3v) is 7.29. The molecule has 0 saturated carbocycles. The molecule has 7 heteroatoms. The van der Waals surface area contributed by atoms with E-state index < -0.39 is 7.82 Å². The molecular formula is C32H31O6P. The molecule has 1 N–H and O–H groups in total. The van der Waals surface area contributed by atoms with E-state index in [2.05, 4.69) is 0 Å². The van der Waals surface area contributed by atoms with Crippen LogP contribution in [0, 0.1) is 13.8 Å². The number of rotatable bonds is 12. The van der Waals surface area contributed by atoms with E-state index in [0.29, 0.717) is 47.9 Å². The van der Waals surface area contributed by atoms with Gasteiger partial charge in [0, 0.05) is 24.0 Å². The number of Topliss-reactive ketones (excluding diaryl/α,β-unsaturated/α-hetero) is 2. The number of hydrogen-bond donors (Lipinski definition) is 1. The monoisotopic (exact) mass is 542 g/mol. The lowest BCUT2D eigenvalue weighted by Gasteiger charge is -2.16. The maximum atomic E-state index is 12.7. The molecule has 39 heavy (non-hydrogen) atoms. The predicted molar refractivity (Wildman–Crippen MR) is 152 cm³/mol. The molecule has 0 aliphatic heterocycles. The summed E-state index contributed by atoms with van der Waals surface area (Å²) in [6.45, 7) is 3.51. The van der Waals surface area contributed by atoms with Crippen molar-refractivity contribution in [2.24, 2.45) is 0 Å². The minimum Gasteiger partial charge on any atom is -0.395 e. The normalized spacial score (nSPS) is 11.2. The van der Waals surface area contributed by atoms with Crippen LogP contribution >= 0.6 is 7.82 Å². The van der Waals surface area contributed by atoms with Crippen LogP contribution < -0.4 is 9.05 Å². The Bertz CT molecular complexity index is 1390. The van der Waals surface area contributed by atoms with Crippen molar-refractivity contribution >= 4 is 19.4 Å². The number of hydrogen-bond acceptors (Lipinski definition) is 5. The molecule has 6 nitrogen and oxygen atoms in total. The van der Waals surface area contributed by atoms with Gasteiger partial charge in [-0.25, -0.2) is 4.57 Å². The summed E-state index contributed by atoms with van der Waals surface area (Å²) in [6, 6.07) is 28.8. The highest BCUT2D eigenvalue weighted by molar-refractivity contribution is 7.48. The van der Waals surface area contributed by atoms with E-state index in [9.17, 15) is 19.0 Å². The molecule has 0 aromatic heterocycles. The van der Waals surface area contributed by atoms with Crippen molar-refractivity contribution in [3.05, 3.63) is 130 Å². The third kappa shape index (κ3) is 8.00. The smallest absolute Gasteiger partial charge is 0.395 e. The Labute approximate surface area is 228 Å². The van der Waals surface area contributed by atoms with E-state index in [1.807, 2.05) is 60.7 Å². The first kappa shape index (κ1) is 28.0. The largest absolute Gasteiger partial charge is 0.584 e. The summed E-state index contributed by atoms with van der Waals surface area (Å²) in [5.41, 5.74) is 4.52. The predicted octanol–water partition coefficient (Wildman–Crippen LogP) is 7.49. The van der Waals surface area contributed by atoms with Gasteiger partial charge in [-0.05, 0) is 85.3 Å². The van der Waals surface area contributed by atoms with Crippen molar-refractivity contribution in [1.29, 1.82) is 0 Å². The molecule has 0 radical (unpaired) electrons. The standard InChI is InChI=1S/C32H31O6P/c1-23-21-27(15-17-29(23)31(33)19-13-25-9-5-3-6-10-25)37-39(35,36)38-28-16-18-30(24(2)22-28)32(34)20-14-26-11-7-4-8-12-26/h3-12,15-18,21-22H,13-14,19-20H2,1-2H3,(H,35,36). The fourth-order valence-electron chi connectivity index (χ4n) is 4.37. The molecule has 0 fully saturated rings. The molecule has 0 aliphatic rings. The second-order valence-electron chi connectivity index (χ2n) is 9.42. The van der Waals surface area contributed by atoms with Crippen molar-refractivity contribution in [3.8, 4) is 11.5 Å². The van der Waals surface area contributed by atoms with Crippen LogP contribution in [0.5, 0.6) is 11.5 Å². The molecule has 0 heterocycles. The van der Waals surface area contributed by atoms with Crippen LogP contribution in [0.4, 0.5) is 0 Å². The molecule has 0 bridgehead atoms. The summed E-state index contributed by atoms with van der Waals surface area (Å²) in [4.78, 5) is 35.8. The summed E-state index contributed by atoms with van der Waals surface area (Å²) < 4.78 is 23.2. The van der Waals surface area contributed by atoms with Crippen LogP contribution in [0.25, 0.3) is 0 Å². The number of aryl methyl sites for hydroxylation is 4.